The van der Waals surface area contributed by atoms with Gasteiger partial charge in [-0.25, -0.2) is 4.79 Å². The molecule has 1 heterocycles. The zero-order chi connectivity index (χ0) is 17.3. The van der Waals surface area contributed by atoms with E-state index >= 15 is 0 Å². The van der Waals surface area contributed by atoms with Crippen LogP contribution in [-0.4, -0.2) is 10.3 Å². The molecule has 0 saturated heterocycles. The number of nitrogens with zero attached hydrogens (tertiary/aromatic N) is 1. The number of hydrogen-bond acceptors (Lipinski definition) is 4. The van der Waals surface area contributed by atoms with Crippen molar-refractivity contribution in [2.24, 2.45) is 0 Å². The number of esters is 1. The number of ether oxygens (including phenoxy) is 1. The van der Waals surface area contributed by atoms with Crippen molar-refractivity contribution in [1.82, 2.24) is 4.37 Å². The Hall–Kier alpha value is -1.30. The molecule has 0 radical (unpaired) electrons. The van der Waals surface area contributed by atoms with Crippen LogP contribution in [0.25, 0.3) is 10.4 Å². The smallest absolute Gasteiger partial charge is 0.348 e. The Kier molecular flexibility index (Phi) is 5.33. The Morgan fingerprint density at radius 1 is 1.00 bits per heavy atom. The van der Waals surface area contributed by atoms with Crippen LogP contribution in [0.5, 0.6) is 5.75 Å². The van der Waals surface area contributed by atoms with Crippen LogP contribution in [-0.2, 0) is 0 Å². The molecular weight excluding hydrogens is 412 g/mol. The maximum atomic E-state index is 12.6. The van der Waals surface area contributed by atoms with E-state index in [9.17, 15) is 4.79 Å². The highest BCUT2D eigenvalue weighted by Crippen LogP contribution is 2.38. The number of carbonyl (C=O) groups is 1. The topological polar surface area (TPSA) is 39.2 Å². The average molecular weight is 419 g/mol. The zero-order valence-electron chi connectivity index (χ0n) is 11.7. The molecule has 8 heteroatoms. The third kappa shape index (κ3) is 3.53. The molecule has 0 atom stereocenters. The summed E-state index contributed by atoms with van der Waals surface area (Å²) >= 11 is 25.2. The molecule has 3 rings (SSSR count). The van der Waals surface area contributed by atoms with E-state index in [0.717, 1.165) is 11.5 Å². The monoisotopic (exact) mass is 417 g/mol. The molecule has 24 heavy (non-hydrogen) atoms. The fourth-order valence-corrected chi connectivity index (χ4v) is 3.86. The molecule has 0 spiro atoms. The number of rotatable bonds is 3. The first-order valence-electron chi connectivity index (χ1n) is 6.54. The van der Waals surface area contributed by atoms with Gasteiger partial charge in [-0.05, 0) is 35.8 Å². The van der Waals surface area contributed by atoms with Crippen molar-refractivity contribution in [2.75, 3.05) is 0 Å². The van der Waals surface area contributed by atoms with Crippen molar-refractivity contribution in [1.29, 1.82) is 0 Å². The molecule has 0 aliphatic carbocycles. The summed E-state index contributed by atoms with van der Waals surface area (Å²) in [5.74, 6) is -0.494. The Morgan fingerprint density at radius 3 is 2.46 bits per heavy atom. The molecule has 0 aliphatic heterocycles. The standard InChI is InChI=1S/C16H7Cl4NO2S/c17-8-5-6-12(11(19)7-8)23-16(22)13-14(24-21-15(13)20)9-3-1-2-4-10(9)18/h1-7H. The number of halogens is 4. The lowest BCUT2D eigenvalue weighted by atomic mass is 10.1. The molecule has 1 aromatic heterocycles. The molecule has 122 valence electrons. The number of benzene rings is 2. The van der Waals surface area contributed by atoms with Gasteiger partial charge in [-0.1, -0.05) is 64.6 Å². The average Bonchev–Trinajstić information content (AvgIpc) is 2.92. The summed E-state index contributed by atoms with van der Waals surface area (Å²) < 4.78 is 9.36. The minimum atomic E-state index is -0.673. The highest BCUT2D eigenvalue weighted by Gasteiger charge is 2.24. The maximum Gasteiger partial charge on any atom is 0.348 e. The quantitative estimate of drug-likeness (QED) is 0.353. The third-order valence-corrected chi connectivity index (χ3v) is 5.18. The summed E-state index contributed by atoms with van der Waals surface area (Å²) in [4.78, 5) is 13.1. The van der Waals surface area contributed by atoms with Crippen LogP contribution in [0.3, 0.4) is 0 Å². The molecule has 0 unspecified atom stereocenters. The summed E-state index contributed by atoms with van der Waals surface area (Å²) in [5, 5.41) is 1.18. The van der Waals surface area contributed by atoms with Crippen LogP contribution in [0.4, 0.5) is 0 Å². The highest BCUT2D eigenvalue weighted by molar-refractivity contribution is 7.10. The van der Waals surface area contributed by atoms with Crippen molar-refractivity contribution < 1.29 is 9.53 Å². The Labute approximate surface area is 161 Å². The van der Waals surface area contributed by atoms with Crippen LogP contribution in [0.15, 0.2) is 42.5 Å². The highest BCUT2D eigenvalue weighted by atomic mass is 35.5. The van der Waals surface area contributed by atoms with Gasteiger partial charge in [0.05, 0.1) is 9.90 Å². The van der Waals surface area contributed by atoms with Gasteiger partial charge in [0.15, 0.2) is 5.15 Å². The molecule has 0 amide bonds. The van der Waals surface area contributed by atoms with E-state index in [-0.39, 0.29) is 21.5 Å². The second-order valence-corrected chi connectivity index (χ2v) is 7.00. The number of hydrogen-bond donors (Lipinski definition) is 0. The zero-order valence-corrected chi connectivity index (χ0v) is 15.6. The van der Waals surface area contributed by atoms with E-state index in [2.05, 4.69) is 4.37 Å². The van der Waals surface area contributed by atoms with E-state index in [1.165, 1.54) is 12.1 Å². The van der Waals surface area contributed by atoms with Crippen molar-refractivity contribution >= 4 is 63.9 Å². The van der Waals surface area contributed by atoms with Crippen molar-refractivity contribution in [2.45, 2.75) is 0 Å². The van der Waals surface area contributed by atoms with Crippen LogP contribution in [0.2, 0.25) is 20.2 Å². The Bertz CT molecular complexity index is 926. The molecule has 0 saturated carbocycles. The molecule has 2 aromatic carbocycles. The minimum Gasteiger partial charge on any atom is -0.421 e. The third-order valence-electron chi connectivity index (χ3n) is 3.07. The summed E-state index contributed by atoms with van der Waals surface area (Å²) in [6, 6.07) is 11.6. The normalized spacial score (nSPS) is 10.7. The van der Waals surface area contributed by atoms with Gasteiger partial charge in [0.25, 0.3) is 0 Å². The summed E-state index contributed by atoms with van der Waals surface area (Å²) in [5.41, 5.74) is 0.790. The lowest BCUT2D eigenvalue weighted by Gasteiger charge is -2.08. The minimum absolute atomic E-state index is 0.0463. The van der Waals surface area contributed by atoms with E-state index in [4.69, 9.17) is 51.1 Å². The summed E-state index contributed by atoms with van der Waals surface area (Å²) in [6.45, 7) is 0. The molecule has 0 N–H and O–H groups in total. The van der Waals surface area contributed by atoms with Crippen molar-refractivity contribution in [3.8, 4) is 16.2 Å². The Balaban J connectivity index is 1.99. The fourth-order valence-electron chi connectivity index (χ4n) is 1.99. The van der Waals surface area contributed by atoms with Gasteiger partial charge in [-0.2, -0.15) is 4.37 Å². The second-order valence-electron chi connectivity index (χ2n) is 4.62. The first kappa shape index (κ1) is 17.5. The largest absolute Gasteiger partial charge is 0.421 e. The van der Waals surface area contributed by atoms with E-state index in [1.807, 2.05) is 0 Å². The van der Waals surface area contributed by atoms with Crippen LogP contribution < -0.4 is 4.74 Å². The van der Waals surface area contributed by atoms with Gasteiger partial charge in [-0.15, -0.1) is 0 Å². The lowest BCUT2D eigenvalue weighted by Crippen LogP contribution is -2.09. The number of carbonyl (C=O) groups excluding carboxylic acids is 1. The summed E-state index contributed by atoms with van der Waals surface area (Å²) in [6.07, 6.45) is 0. The fraction of sp³-hybridized carbons (Fsp3) is 0. The number of aromatic nitrogens is 1. The van der Waals surface area contributed by atoms with Crippen molar-refractivity contribution in [3.05, 3.63) is 68.2 Å². The van der Waals surface area contributed by atoms with Gasteiger partial charge >= 0.3 is 5.97 Å². The predicted molar refractivity (Wildman–Crippen MR) is 99.0 cm³/mol. The van der Waals surface area contributed by atoms with Crippen molar-refractivity contribution in [3.63, 3.8) is 0 Å². The molecule has 0 bridgehead atoms. The molecule has 0 fully saturated rings. The first-order chi connectivity index (χ1) is 11.5. The van der Waals surface area contributed by atoms with E-state index < -0.39 is 5.97 Å². The van der Waals surface area contributed by atoms with Gasteiger partial charge in [0.2, 0.25) is 0 Å². The Morgan fingerprint density at radius 2 is 1.75 bits per heavy atom. The van der Waals surface area contributed by atoms with Gasteiger partial charge < -0.3 is 4.74 Å². The van der Waals surface area contributed by atoms with Gasteiger partial charge in [0, 0.05) is 15.6 Å². The molecule has 3 aromatic rings. The van der Waals surface area contributed by atoms with Gasteiger partial charge in [-0.3, -0.25) is 0 Å². The first-order valence-corrected chi connectivity index (χ1v) is 8.83. The van der Waals surface area contributed by atoms with E-state index in [0.29, 0.717) is 20.5 Å². The molecule has 0 aliphatic rings. The van der Waals surface area contributed by atoms with Crippen LogP contribution >= 0.6 is 57.9 Å². The molecule has 3 nitrogen and oxygen atoms in total. The predicted octanol–water partition coefficient (Wildman–Crippen LogP) is 6.64. The molecular formula is C16H7Cl4NO2S. The van der Waals surface area contributed by atoms with Crippen LogP contribution in [0.1, 0.15) is 10.4 Å². The SMILES string of the molecule is O=C(Oc1ccc(Cl)cc1Cl)c1c(Cl)nsc1-c1ccccc1Cl. The van der Waals surface area contributed by atoms with Gasteiger partial charge in [0.1, 0.15) is 11.3 Å². The van der Waals surface area contributed by atoms with E-state index in [1.54, 1.807) is 30.3 Å². The van der Waals surface area contributed by atoms with Crippen LogP contribution in [0, 0.1) is 0 Å². The lowest BCUT2D eigenvalue weighted by molar-refractivity contribution is 0.0736. The summed E-state index contributed by atoms with van der Waals surface area (Å²) in [7, 11) is 0. The maximum absolute atomic E-state index is 12.6. The second kappa shape index (κ2) is 7.30.